The van der Waals surface area contributed by atoms with E-state index >= 15 is 0 Å². The summed E-state index contributed by atoms with van der Waals surface area (Å²) in [5.74, 6) is -0.768. The first-order valence-corrected chi connectivity index (χ1v) is 7.77. The molecular formula is C17H21NO4. The number of benzene rings is 1. The maximum absolute atomic E-state index is 12.5. The largest absolute Gasteiger partial charge is 0.496 e. The van der Waals surface area contributed by atoms with Crippen molar-refractivity contribution in [3.8, 4) is 5.75 Å². The number of carbonyl (C=O) groups is 2. The molecular weight excluding hydrogens is 282 g/mol. The first-order valence-electron chi connectivity index (χ1n) is 7.77. The van der Waals surface area contributed by atoms with Gasteiger partial charge in [0.1, 0.15) is 5.75 Å². The van der Waals surface area contributed by atoms with E-state index in [0.717, 1.165) is 37.1 Å². The molecule has 3 atom stereocenters. The number of carbonyl (C=O) groups excluding carboxylic acids is 1. The number of amides is 1. The number of likely N-dealkylation sites (tertiary alicyclic amines) is 1. The molecule has 0 unspecified atom stereocenters. The van der Waals surface area contributed by atoms with Gasteiger partial charge in [-0.2, -0.15) is 0 Å². The molecule has 1 aliphatic heterocycles. The summed E-state index contributed by atoms with van der Waals surface area (Å²) in [6.07, 6.45) is 3.20. The van der Waals surface area contributed by atoms with Gasteiger partial charge in [-0.15, -0.1) is 0 Å². The third-order valence-corrected chi connectivity index (χ3v) is 4.73. The second kappa shape index (κ2) is 5.99. The summed E-state index contributed by atoms with van der Waals surface area (Å²) < 4.78 is 5.38. The topological polar surface area (TPSA) is 66.8 Å². The number of hydrogen-bond donors (Lipinski definition) is 1. The number of carboxylic acids is 1. The number of hydrogen-bond acceptors (Lipinski definition) is 3. The van der Waals surface area contributed by atoms with Crippen molar-refractivity contribution in [2.75, 3.05) is 13.7 Å². The molecule has 1 N–H and O–H groups in total. The number of ether oxygens (including phenoxy) is 1. The van der Waals surface area contributed by atoms with Gasteiger partial charge in [0.05, 0.1) is 18.9 Å². The minimum absolute atomic E-state index is 0.0183. The number of methoxy groups -OCH3 is 1. The molecule has 0 aromatic heterocycles. The van der Waals surface area contributed by atoms with Crippen LogP contribution in [0.4, 0.5) is 0 Å². The molecule has 5 heteroatoms. The molecule has 1 aliphatic carbocycles. The predicted octanol–water partition coefficient (Wildman–Crippen LogP) is 1.95. The highest BCUT2D eigenvalue weighted by Crippen LogP contribution is 2.41. The highest BCUT2D eigenvalue weighted by atomic mass is 16.5. The van der Waals surface area contributed by atoms with E-state index in [-0.39, 0.29) is 17.9 Å². The van der Waals surface area contributed by atoms with Crippen molar-refractivity contribution in [2.45, 2.75) is 31.7 Å². The lowest BCUT2D eigenvalue weighted by Crippen LogP contribution is -2.38. The fourth-order valence-corrected chi connectivity index (χ4v) is 3.42. The Kier molecular flexibility index (Phi) is 4.05. The maximum Gasteiger partial charge on any atom is 0.307 e. The zero-order valence-electron chi connectivity index (χ0n) is 12.7. The van der Waals surface area contributed by atoms with Crippen LogP contribution in [0.2, 0.25) is 0 Å². The summed E-state index contributed by atoms with van der Waals surface area (Å²) in [6, 6.07) is 8.01. The number of rotatable bonds is 5. The quantitative estimate of drug-likeness (QED) is 0.903. The van der Waals surface area contributed by atoms with Crippen LogP contribution in [0.15, 0.2) is 24.3 Å². The average Bonchev–Trinajstić information content (AvgIpc) is 3.20. The summed E-state index contributed by atoms with van der Waals surface area (Å²) in [6.45, 7) is 0.738. The van der Waals surface area contributed by atoms with E-state index in [9.17, 15) is 9.59 Å². The molecule has 1 heterocycles. The smallest absolute Gasteiger partial charge is 0.307 e. The third kappa shape index (κ3) is 2.80. The van der Waals surface area contributed by atoms with Gasteiger partial charge in [-0.1, -0.05) is 18.2 Å². The summed E-state index contributed by atoms with van der Waals surface area (Å²) in [4.78, 5) is 25.4. The zero-order valence-corrected chi connectivity index (χ0v) is 12.7. The van der Waals surface area contributed by atoms with Crippen LogP contribution in [0.1, 0.15) is 24.8 Å². The zero-order chi connectivity index (χ0) is 15.7. The van der Waals surface area contributed by atoms with Gasteiger partial charge in [-0.3, -0.25) is 9.59 Å². The van der Waals surface area contributed by atoms with Crippen molar-refractivity contribution >= 4 is 11.9 Å². The molecule has 1 amide bonds. The van der Waals surface area contributed by atoms with E-state index in [4.69, 9.17) is 9.84 Å². The van der Waals surface area contributed by atoms with E-state index in [1.807, 2.05) is 29.2 Å². The third-order valence-electron chi connectivity index (χ3n) is 4.73. The van der Waals surface area contributed by atoms with Crippen molar-refractivity contribution in [2.24, 2.45) is 11.8 Å². The standard InChI is InChI=1S/C17H21NO4/c1-22-15-7-3-2-5-11(15)9-12-6-4-8-18(12)16(19)13-10-14(13)17(20)21/h2-3,5,7,12-14H,4,6,8-10H2,1H3,(H,20,21)/t12-,13-,14-/m0/s1. The van der Waals surface area contributed by atoms with Crippen molar-refractivity contribution in [1.82, 2.24) is 4.90 Å². The Labute approximate surface area is 129 Å². The van der Waals surface area contributed by atoms with Crippen LogP contribution in [0.5, 0.6) is 5.75 Å². The molecule has 5 nitrogen and oxygen atoms in total. The van der Waals surface area contributed by atoms with Gasteiger partial charge in [0.2, 0.25) is 5.91 Å². The summed E-state index contributed by atoms with van der Waals surface area (Å²) in [5.41, 5.74) is 1.10. The fraction of sp³-hybridized carbons (Fsp3) is 0.529. The van der Waals surface area contributed by atoms with Gasteiger partial charge in [0.25, 0.3) is 0 Å². The Morgan fingerprint density at radius 1 is 1.32 bits per heavy atom. The molecule has 1 saturated carbocycles. The average molecular weight is 303 g/mol. The minimum atomic E-state index is -0.848. The van der Waals surface area contributed by atoms with Crippen molar-refractivity contribution in [3.63, 3.8) is 0 Å². The van der Waals surface area contributed by atoms with Crippen molar-refractivity contribution in [1.29, 1.82) is 0 Å². The van der Waals surface area contributed by atoms with Crippen LogP contribution in [-0.2, 0) is 16.0 Å². The molecule has 2 fully saturated rings. The van der Waals surface area contributed by atoms with Gasteiger partial charge < -0.3 is 14.7 Å². The van der Waals surface area contributed by atoms with Crippen LogP contribution in [0.3, 0.4) is 0 Å². The van der Waals surface area contributed by atoms with Crippen molar-refractivity contribution < 1.29 is 19.4 Å². The number of carboxylic acid groups (broad SMARTS) is 1. The molecule has 1 aromatic carbocycles. The molecule has 0 radical (unpaired) electrons. The Morgan fingerprint density at radius 3 is 2.77 bits per heavy atom. The van der Waals surface area contributed by atoms with Gasteiger partial charge in [0.15, 0.2) is 0 Å². The highest BCUT2D eigenvalue weighted by Gasteiger charge is 2.51. The lowest BCUT2D eigenvalue weighted by atomic mass is 10.0. The molecule has 0 spiro atoms. The van der Waals surface area contributed by atoms with E-state index in [0.29, 0.717) is 6.42 Å². The summed E-state index contributed by atoms with van der Waals surface area (Å²) >= 11 is 0. The molecule has 2 aliphatic rings. The predicted molar refractivity (Wildman–Crippen MR) is 80.7 cm³/mol. The Bertz CT molecular complexity index is 586. The normalized spacial score (nSPS) is 26.8. The second-order valence-electron chi connectivity index (χ2n) is 6.13. The molecule has 0 bridgehead atoms. The molecule has 3 rings (SSSR count). The lowest BCUT2D eigenvalue weighted by molar-refractivity contribution is -0.142. The van der Waals surface area contributed by atoms with E-state index in [1.165, 1.54) is 0 Å². The summed E-state index contributed by atoms with van der Waals surface area (Å²) in [5, 5.41) is 9.00. The van der Waals surface area contributed by atoms with Crippen LogP contribution >= 0.6 is 0 Å². The Hall–Kier alpha value is -2.04. The van der Waals surface area contributed by atoms with Crippen LogP contribution in [-0.4, -0.2) is 41.6 Å². The van der Waals surface area contributed by atoms with E-state index in [1.54, 1.807) is 7.11 Å². The number of nitrogens with zero attached hydrogens (tertiary/aromatic N) is 1. The van der Waals surface area contributed by atoms with E-state index < -0.39 is 11.9 Å². The van der Waals surface area contributed by atoms with Gasteiger partial charge in [0, 0.05) is 12.6 Å². The van der Waals surface area contributed by atoms with Gasteiger partial charge >= 0.3 is 5.97 Å². The Morgan fingerprint density at radius 2 is 2.09 bits per heavy atom. The first kappa shape index (κ1) is 14.9. The Balaban J connectivity index is 1.69. The second-order valence-corrected chi connectivity index (χ2v) is 6.13. The molecule has 118 valence electrons. The van der Waals surface area contributed by atoms with Crippen LogP contribution in [0, 0.1) is 11.8 Å². The van der Waals surface area contributed by atoms with Gasteiger partial charge in [-0.05, 0) is 37.3 Å². The first-order chi connectivity index (χ1) is 10.6. The molecule has 1 aromatic rings. The van der Waals surface area contributed by atoms with Gasteiger partial charge in [-0.25, -0.2) is 0 Å². The van der Waals surface area contributed by atoms with Crippen molar-refractivity contribution in [3.05, 3.63) is 29.8 Å². The number of para-hydroxylation sites is 1. The maximum atomic E-state index is 12.5. The SMILES string of the molecule is COc1ccccc1C[C@@H]1CCCN1C(=O)[C@H]1C[C@@H]1C(=O)O. The van der Waals surface area contributed by atoms with Crippen LogP contribution in [0.25, 0.3) is 0 Å². The molecule has 22 heavy (non-hydrogen) atoms. The monoisotopic (exact) mass is 303 g/mol. The van der Waals surface area contributed by atoms with E-state index in [2.05, 4.69) is 0 Å². The fourth-order valence-electron chi connectivity index (χ4n) is 3.42. The minimum Gasteiger partial charge on any atom is -0.496 e. The number of aliphatic carboxylic acids is 1. The molecule has 1 saturated heterocycles. The lowest BCUT2D eigenvalue weighted by Gasteiger charge is -2.25. The highest BCUT2D eigenvalue weighted by molar-refractivity contribution is 5.89. The summed E-state index contributed by atoms with van der Waals surface area (Å²) in [7, 11) is 1.65. The van der Waals surface area contributed by atoms with Crippen LogP contribution < -0.4 is 4.74 Å².